The minimum atomic E-state index is -0.473. The summed E-state index contributed by atoms with van der Waals surface area (Å²) in [4.78, 5) is 1.45. The fourth-order valence-electron chi connectivity index (χ4n) is 3.49. The third kappa shape index (κ3) is 3.59. The molecule has 2 aliphatic rings. The van der Waals surface area contributed by atoms with Crippen LogP contribution < -0.4 is 5.32 Å². The number of thioether (sulfide) groups is 1. The normalized spacial score (nSPS) is 24.9. The fraction of sp³-hybridized carbons (Fsp3) is 0.750. The standard InChI is InChI=1S/C16H25NOS2/c18-16(7-10-19-11-8-16)12-17-15(13-4-1-2-5-13)14-6-3-9-20-14/h3,6,9,13,15,17-18H,1-2,4-5,7-8,10-12H2. The first-order valence-electron chi connectivity index (χ1n) is 7.84. The summed E-state index contributed by atoms with van der Waals surface area (Å²) in [6.07, 6.45) is 7.29. The van der Waals surface area contributed by atoms with Gasteiger partial charge in [-0.15, -0.1) is 11.3 Å². The Kier molecular flexibility index (Phi) is 5.08. The van der Waals surface area contributed by atoms with Crippen molar-refractivity contribution in [1.82, 2.24) is 5.32 Å². The number of hydrogen-bond donors (Lipinski definition) is 2. The van der Waals surface area contributed by atoms with Crippen LogP contribution in [0.15, 0.2) is 17.5 Å². The minimum absolute atomic E-state index is 0.455. The Balaban J connectivity index is 1.64. The van der Waals surface area contributed by atoms with Crippen LogP contribution in [-0.2, 0) is 0 Å². The van der Waals surface area contributed by atoms with Gasteiger partial charge in [-0.05, 0) is 54.6 Å². The molecule has 2 N–H and O–H groups in total. The highest BCUT2D eigenvalue weighted by molar-refractivity contribution is 7.99. The topological polar surface area (TPSA) is 32.3 Å². The second-order valence-electron chi connectivity index (χ2n) is 6.26. The minimum Gasteiger partial charge on any atom is -0.389 e. The lowest BCUT2D eigenvalue weighted by atomic mass is 9.93. The fourth-order valence-corrected chi connectivity index (χ4v) is 5.63. The molecule has 1 aromatic rings. The van der Waals surface area contributed by atoms with Gasteiger partial charge in [-0.2, -0.15) is 11.8 Å². The Hall–Kier alpha value is -0.0300. The van der Waals surface area contributed by atoms with Crippen molar-refractivity contribution in [2.24, 2.45) is 5.92 Å². The van der Waals surface area contributed by atoms with Gasteiger partial charge in [0.15, 0.2) is 0 Å². The van der Waals surface area contributed by atoms with Crippen LogP contribution in [0, 0.1) is 5.92 Å². The van der Waals surface area contributed by atoms with E-state index < -0.39 is 5.60 Å². The number of hydrogen-bond acceptors (Lipinski definition) is 4. The molecule has 4 heteroatoms. The summed E-state index contributed by atoms with van der Waals surface area (Å²) in [6, 6.07) is 4.85. The second kappa shape index (κ2) is 6.82. The zero-order chi connectivity index (χ0) is 13.8. The van der Waals surface area contributed by atoms with Gasteiger partial charge in [0.1, 0.15) is 0 Å². The molecule has 1 atom stereocenters. The molecule has 1 saturated carbocycles. The molecule has 0 spiro atoms. The van der Waals surface area contributed by atoms with Crippen molar-refractivity contribution in [1.29, 1.82) is 0 Å². The molecule has 0 bridgehead atoms. The highest BCUT2D eigenvalue weighted by atomic mass is 32.2. The first-order valence-corrected chi connectivity index (χ1v) is 9.87. The maximum atomic E-state index is 10.7. The van der Waals surface area contributed by atoms with Crippen LogP contribution in [0.25, 0.3) is 0 Å². The predicted molar refractivity (Wildman–Crippen MR) is 88.5 cm³/mol. The second-order valence-corrected chi connectivity index (χ2v) is 8.46. The van der Waals surface area contributed by atoms with E-state index >= 15 is 0 Å². The first kappa shape index (κ1) is 14.9. The average molecular weight is 312 g/mol. The van der Waals surface area contributed by atoms with E-state index in [0.717, 1.165) is 36.8 Å². The Morgan fingerprint density at radius 1 is 1.30 bits per heavy atom. The average Bonchev–Trinajstić information content (AvgIpc) is 3.13. The van der Waals surface area contributed by atoms with Gasteiger partial charge in [-0.25, -0.2) is 0 Å². The van der Waals surface area contributed by atoms with E-state index in [2.05, 4.69) is 22.8 Å². The largest absolute Gasteiger partial charge is 0.389 e. The van der Waals surface area contributed by atoms with Gasteiger partial charge in [-0.1, -0.05) is 18.9 Å². The van der Waals surface area contributed by atoms with E-state index in [1.807, 2.05) is 23.1 Å². The summed E-state index contributed by atoms with van der Waals surface area (Å²) >= 11 is 3.82. The van der Waals surface area contributed by atoms with E-state index in [1.165, 1.54) is 30.6 Å². The lowest BCUT2D eigenvalue weighted by Gasteiger charge is -2.34. The summed E-state index contributed by atoms with van der Waals surface area (Å²) in [5.41, 5.74) is -0.473. The van der Waals surface area contributed by atoms with Crippen molar-refractivity contribution in [2.75, 3.05) is 18.1 Å². The molecule has 0 amide bonds. The predicted octanol–water partition coefficient (Wildman–Crippen LogP) is 3.83. The monoisotopic (exact) mass is 311 g/mol. The molecular weight excluding hydrogens is 286 g/mol. The van der Waals surface area contributed by atoms with Crippen LogP contribution in [0.4, 0.5) is 0 Å². The summed E-state index contributed by atoms with van der Waals surface area (Å²) in [5.74, 6) is 2.96. The smallest absolute Gasteiger partial charge is 0.0787 e. The highest BCUT2D eigenvalue weighted by Gasteiger charge is 2.33. The van der Waals surface area contributed by atoms with Gasteiger partial charge in [0.05, 0.1) is 5.60 Å². The molecule has 1 aliphatic heterocycles. The molecule has 0 aromatic carbocycles. The molecule has 1 unspecified atom stereocenters. The Morgan fingerprint density at radius 3 is 2.70 bits per heavy atom. The van der Waals surface area contributed by atoms with E-state index in [9.17, 15) is 5.11 Å². The molecule has 1 saturated heterocycles. The van der Waals surface area contributed by atoms with E-state index in [4.69, 9.17) is 0 Å². The molecule has 1 aromatic heterocycles. The van der Waals surface area contributed by atoms with Gasteiger partial charge in [0.25, 0.3) is 0 Å². The third-order valence-corrected chi connectivity index (χ3v) is 6.74. The van der Waals surface area contributed by atoms with E-state index in [-0.39, 0.29) is 0 Å². The molecule has 112 valence electrons. The summed E-state index contributed by atoms with van der Waals surface area (Å²) in [6.45, 7) is 0.757. The number of thiophene rings is 1. The van der Waals surface area contributed by atoms with Crippen LogP contribution in [0.2, 0.25) is 0 Å². The quantitative estimate of drug-likeness (QED) is 0.867. The SMILES string of the molecule is OC1(CNC(c2cccs2)C2CCCC2)CCSCC1. The van der Waals surface area contributed by atoms with Crippen molar-refractivity contribution in [3.05, 3.63) is 22.4 Å². The maximum Gasteiger partial charge on any atom is 0.0787 e. The van der Waals surface area contributed by atoms with Crippen LogP contribution in [0.3, 0.4) is 0 Å². The highest BCUT2D eigenvalue weighted by Crippen LogP contribution is 2.38. The van der Waals surface area contributed by atoms with Crippen molar-refractivity contribution >= 4 is 23.1 Å². The first-order chi connectivity index (χ1) is 9.77. The van der Waals surface area contributed by atoms with Gasteiger partial charge in [0, 0.05) is 17.5 Å². The lowest BCUT2D eigenvalue weighted by molar-refractivity contribution is 0.0276. The van der Waals surface area contributed by atoms with Gasteiger partial charge in [0.2, 0.25) is 0 Å². The van der Waals surface area contributed by atoms with Crippen molar-refractivity contribution in [3.63, 3.8) is 0 Å². The van der Waals surface area contributed by atoms with Crippen LogP contribution in [0.1, 0.15) is 49.4 Å². The van der Waals surface area contributed by atoms with Crippen molar-refractivity contribution in [2.45, 2.75) is 50.2 Å². The van der Waals surface area contributed by atoms with Gasteiger partial charge >= 0.3 is 0 Å². The van der Waals surface area contributed by atoms with Crippen LogP contribution in [0.5, 0.6) is 0 Å². The molecule has 2 heterocycles. The summed E-state index contributed by atoms with van der Waals surface area (Å²) < 4.78 is 0. The number of aliphatic hydroxyl groups is 1. The molecule has 3 rings (SSSR count). The van der Waals surface area contributed by atoms with Crippen LogP contribution in [-0.4, -0.2) is 28.8 Å². The molecule has 2 nitrogen and oxygen atoms in total. The molecule has 0 radical (unpaired) electrons. The zero-order valence-electron chi connectivity index (χ0n) is 12.0. The molecule has 2 fully saturated rings. The number of nitrogens with one attached hydrogen (secondary N) is 1. The molecule has 1 aliphatic carbocycles. The van der Waals surface area contributed by atoms with Crippen molar-refractivity contribution < 1.29 is 5.11 Å². The number of rotatable bonds is 5. The van der Waals surface area contributed by atoms with Crippen molar-refractivity contribution in [3.8, 4) is 0 Å². The van der Waals surface area contributed by atoms with E-state index in [1.54, 1.807) is 0 Å². The maximum absolute atomic E-state index is 10.7. The van der Waals surface area contributed by atoms with Gasteiger partial charge < -0.3 is 10.4 Å². The summed E-state index contributed by atoms with van der Waals surface area (Å²) in [5, 5.41) is 16.6. The molecule has 20 heavy (non-hydrogen) atoms. The van der Waals surface area contributed by atoms with Gasteiger partial charge in [-0.3, -0.25) is 0 Å². The molecular formula is C16H25NOS2. The lowest BCUT2D eigenvalue weighted by Crippen LogP contribution is -2.45. The Bertz CT molecular complexity index is 395. The third-order valence-electron chi connectivity index (χ3n) is 4.80. The Labute approximate surface area is 130 Å². The van der Waals surface area contributed by atoms with Crippen LogP contribution >= 0.6 is 23.1 Å². The van der Waals surface area contributed by atoms with E-state index in [0.29, 0.717) is 6.04 Å². The summed E-state index contributed by atoms with van der Waals surface area (Å²) in [7, 11) is 0. The Morgan fingerprint density at radius 2 is 2.05 bits per heavy atom. The zero-order valence-corrected chi connectivity index (χ0v) is 13.6.